The van der Waals surface area contributed by atoms with Gasteiger partial charge in [0.1, 0.15) is 11.4 Å². The number of anilines is 1. The Kier molecular flexibility index (Phi) is 3.93. The first-order chi connectivity index (χ1) is 12.4. The number of carboxylic acids is 1. The molecule has 1 unspecified atom stereocenters. The molecule has 1 aliphatic rings. The van der Waals surface area contributed by atoms with E-state index in [1.807, 2.05) is 4.90 Å². The quantitative estimate of drug-likeness (QED) is 0.707. The van der Waals surface area contributed by atoms with Gasteiger partial charge in [-0.1, -0.05) is 0 Å². The lowest BCUT2D eigenvalue weighted by Gasteiger charge is -2.18. The van der Waals surface area contributed by atoms with Gasteiger partial charge in [-0.05, 0) is 18.6 Å². The molecule has 0 spiro atoms. The topological polar surface area (TPSA) is 114 Å². The van der Waals surface area contributed by atoms with Crippen molar-refractivity contribution < 1.29 is 14.3 Å². The van der Waals surface area contributed by atoms with Crippen LogP contribution in [0, 0.1) is 5.95 Å². The van der Waals surface area contributed by atoms with Crippen LogP contribution < -0.4 is 16.1 Å². The molecule has 3 aromatic heterocycles. The number of rotatable bonds is 3. The number of fused-ring (bicyclic) bond motifs is 1. The lowest BCUT2D eigenvalue weighted by molar-refractivity contribution is 0.0695. The number of hydrogen-bond acceptors (Lipinski definition) is 7. The number of carboxylic acid groups (broad SMARTS) is 1. The molecule has 10 heteroatoms. The molecule has 134 valence electrons. The first-order valence-corrected chi connectivity index (χ1v) is 8.73. The Morgan fingerprint density at radius 1 is 1.38 bits per heavy atom. The molecular formula is C16H14FN5O3S. The van der Waals surface area contributed by atoms with Gasteiger partial charge in [0.05, 0.1) is 5.39 Å². The number of nitrogens with zero attached hydrogens (tertiary/aromatic N) is 4. The molecule has 26 heavy (non-hydrogen) atoms. The zero-order valence-electron chi connectivity index (χ0n) is 13.4. The van der Waals surface area contributed by atoms with Crippen molar-refractivity contribution in [1.82, 2.24) is 14.5 Å². The maximum atomic E-state index is 13.4. The van der Waals surface area contributed by atoms with Crippen LogP contribution in [-0.4, -0.2) is 44.7 Å². The van der Waals surface area contributed by atoms with E-state index in [1.54, 1.807) is 6.07 Å². The van der Waals surface area contributed by atoms with Gasteiger partial charge in [0.15, 0.2) is 10.8 Å². The van der Waals surface area contributed by atoms with E-state index in [-0.39, 0.29) is 22.2 Å². The summed E-state index contributed by atoms with van der Waals surface area (Å²) in [4.78, 5) is 34.2. The van der Waals surface area contributed by atoms with Gasteiger partial charge in [0.25, 0.3) is 0 Å². The number of aromatic carboxylic acids is 1. The molecular weight excluding hydrogens is 361 g/mol. The van der Waals surface area contributed by atoms with E-state index >= 15 is 0 Å². The summed E-state index contributed by atoms with van der Waals surface area (Å²) >= 11 is 0.991. The van der Waals surface area contributed by atoms with Crippen LogP contribution >= 0.6 is 11.3 Å². The molecule has 4 rings (SSSR count). The lowest BCUT2D eigenvalue weighted by Crippen LogP contribution is -2.27. The van der Waals surface area contributed by atoms with E-state index < -0.39 is 22.9 Å². The Morgan fingerprint density at radius 3 is 2.81 bits per heavy atom. The SMILES string of the molecule is NC1CCN(c2ccc3c(=O)c(C(=O)O)cn(-c4nc(F)cs4)c3n2)C1. The van der Waals surface area contributed by atoms with E-state index in [1.165, 1.54) is 16.0 Å². The Hall–Kier alpha value is -2.85. The van der Waals surface area contributed by atoms with Crippen LogP contribution in [0.1, 0.15) is 16.8 Å². The van der Waals surface area contributed by atoms with Crippen LogP contribution in [0.2, 0.25) is 0 Å². The van der Waals surface area contributed by atoms with Gasteiger partial charge in [-0.25, -0.2) is 9.78 Å². The van der Waals surface area contributed by atoms with Crippen LogP contribution in [0.25, 0.3) is 16.2 Å². The molecule has 3 N–H and O–H groups in total. The number of carbonyl (C=O) groups is 1. The summed E-state index contributed by atoms with van der Waals surface area (Å²) in [5.41, 5.74) is 5.10. The summed E-state index contributed by atoms with van der Waals surface area (Å²) in [6.45, 7) is 1.38. The molecule has 0 radical (unpaired) electrons. The fourth-order valence-electron chi connectivity index (χ4n) is 3.02. The smallest absolute Gasteiger partial charge is 0.341 e. The highest BCUT2D eigenvalue weighted by Crippen LogP contribution is 2.24. The maximum absolute atomic E-state index is 13.4. The van der Waals surface area contributed by atoms with Crippen molar-refractivity contribution in [3.63, 3.8) is 0 Å². The second kappa shape index (κ2) is 6.15. The number of thiazole rings is 1. The number of halogens is 1. The van der Waals surface area contributed by atoms with Crippen LogP contribution in [0.5, 0.6) is 0 Å². The minimum absolute atomic E-state index is 0.0529. The Bertz CT molecular complexity index is 1080. The standard InChI is InChI=1S/C16H14FN5O3S/c17-11-7-26-16(19-11)22-6-10(15(24)25)13(23)9-1-2-12(20-14(9)22)21-4-3-8(18)5-21/h1-2,6-8H,3-5,18H2,(H,24,25). The second-order valence-electron chi connectivity index (χ2n) is 6.04. The summed E-state index contributed by atoms with van der Waals surface area (Å²) in [7, 11) is 0. The molecule has 4 heterocycles. The van der Waals surface area contributed by atoms with E-state index in [0.717, 1.165) is 30.5 Å². The molecule has 3 aromatic rings. The van der Waals surface area contributed by atoms with Crippen molar-refractivity contribution >= 4 is 34.2 Å². The predicted molar refractivity (Wildman–Crippen MR) is 94.7 cm³/mol. The third kappa shape index (κ3) is 2.72. The lowest BCUT2D eigenvalue weighted by atomic mass is 10.2. The average molecular weight is 375 g/mol. The van der Waals surface area contributed by atoms with Crippen LogP contribution in [0.15, 0.2) is 28.5 Å². The monoisotopic (exact) mass is 375 g/mol. The second-order valence-corrected chi connectivity index (χ2v) is 6.87. The van der Waals surface area contributed by atoms with Gasteiger partial charge in [-0.15, -0.1) is 11.3 Å². The van der Waals surface area contributed by atoms with Crippen LogP contribution in [0.3, 0.4) is 0 Å². The number of nitrogens with two attached hydrogens (primary N) is 1. The summed E-state index contributed by atoms with van der Waals surface area (Å²) in [6, 6.07) is 3.26. The largest absolute Gasteiger partial charge is 0.477 e. The van der Waals surface area contributed by atoms with Gasteiger partial charge < -0.3 is 15.7 Å². The number of hydrogen-bond donors (Lipinski definition) is 2. The predicted octanol–water partition coefficient (Wildman–Crippen LogP) is 1.22. The van der Waals surface area contributed by atoms with E-state index in [0.29, 0.717) is 12.4 Å². The van der Waals surface area contributed by atoms with Gasteiger partial charge in [-0.3, -0.25) is 9.36 Å². The molecule has 0 saturated carbocycles. The average Bonchev–Trinajstić information content (AvgIpc) is 3.23. The highest BCUT2D eigenvalue weighted by molar-refractivity contribution is 7.12. The molecule has 8 nitrogen and oxygen atoms in total. The summed E-state index contributed by atoms with van der Waals surface area (Å²) in [5.74, 6) is -1.42. The number of pyridine rings is 2. The van der Waals surface area contributed by atoms with Crippen LogP contribution in [-0.2, 0) is 0 Å². The number of aromatic nitrogens is 3. The molecule has 1 atom stereocenters. The van der Waals surface area contributed by atoms with Gasteiger partial charge in [0, 0.05) is 30.7 Å². The van der Waals surface area contributed by atoms with Crippen LogP contribution in [0.4, 0.5) is 10.2 Å². The van der Waals surface area contributed by atoms with Crippen molar-refractivity contribution in [2.45, 2.75) is 12.5 Å². The summed E-state index contributed by atoms with van der Waals surface area (Å²) < 4.78 is 14.7. The Balaban J connectivity index is 1.97. The van der Waals surface area contributed by atoms with Crippen molar-refractivity contribution in [2.75, 3.05) is 18.0 Å². The molecule has 1 saturated heterocycles. The van der Waals surface area contributed by atoms with Gasteiger partial charge >= 0.3 is 5.97 Å². The van der Waals surface area contributed by atoms with E-state index in [9.17, 15) is 19.1 Å². The third-order valence-electron chi connectivity index (χ3n) is 4.29. The first kappa shape index (κ1) is 16.6. The first-order valence-electron chi connectivity index (χ1n) is 7.85. The normalized spacial score (nSPS) is 17.2. The summed E-state index contributed by atoms with van der Waals surface area (Å²) in [5, 5.41) is 10.8. The molecule has 0 bridgehead atoms. The zero-order chi connectivity index (χ0) is 18.4. The van der Waals surface area contributed by atoms with Gasteiger partial charge in [-0.2, -0.15) is 9.37 Å². The van der Waals surface area contributed by atoms with E-state index in [4.69, 9.17) is 5.73 Å². The van der Waals surface area contributed by atoms with Crippen molar-refractivity contribution in [1.29, 1.82) is 0 Å². The highest BCUT2D eigenvalue weighted by Gasteiger charge is 2.23. The minimum Gasteiger partial charge on any atom is -0.477 e. The fraction of sp³-hybridized carbons (Fsp3) is 0.250. The Morgan fingerprint density at radius 2 is 2.19 bits per heavy atom. The Labute approximate surface area is 150 Å². The fourth-order valence-corrected chi connectivity index (χ4v) is 3.67. The highest BCUT2D eigenvalue weighted by atomic mass is 32.1. The maximum Gasteiger partial charge on any atom is 0.341 e. The molecule has 1 aliphatic heterocycles. The minimum atomic E-state index is -1.36. The zero-order valence-corrected chi connectivity index (χ0v) is 14.2. The molecule has 0 amide bonds. The van der Waals surface area contributed by atoms with Crippen molar-refractivity contribution in [2.24, 2.45) is 5.73 Å². The van der Waals surface area contributed by atoms with Crippen molar-refractivity contribution in [3.8, 4) is 5.13 Å². The third-order valence-corrected chi connectivity index (χ3v) is 5.10. The van der Waals surface area contributed by atoms with Gasteiger partial charge in [0.2, 0.25) is 11.4 Å². The molecule has 1 fully saturated rings. The van der Waals surface area contributed by atoms with Crippen molar-refractivity contribution in [3.05, 3.63) is 45.4 Å². The summed E-state index contributed by atoms with van der Waals surface area (Å²) in [6.07, 6.45) is 1.97. The van der Waals surface area contributed by atoms with E-state index in [2.05, 4.69) is 9.97 Å². The molecule has 0 aliphatic carbocycles. The molecule has 0 aromatic carbocycles.